The highest BCUT2D eigenvalue weighted by Crippen LogP contribution is 2.24. The van der Waals surface area contributed by atoms with Crippen molar-refractivity contribution in [2.24, 2.45) is 0 Å². The number of rotatable bonds is 7. The molecule has 2 aromatic rings. The third kappa shape index (κ3) is 4.20. The quantitative estimate of drug-likeness (QED) is 0.440. The Morgan fingerprint density at radius 2 is 1.73 bits per heavy atom. The van der Waals surface area contributed by atoms with Crippen molar-refractivity contribution in [3.05, 3.63) is 63.7 Å². The summed E-state index contributed by atoms with van der Waals surface area (Å²) in [5.74, 6) is 0. The lowest BCUT2D eigenvalue weighted by Gasteiger charge is -2.17. The average molecular weight is 375 g/mol. The van der Waals surface area contributed by atoms with Crippen molar-refractivity contribution < 1.29 is 13.3 Å². The van der Waals surface area contributed by atoms with E-state index in [0.29, 0.717) is 5.69 Å². The van der Waals surface area contributed by atoms with Gasteiger partial charge in [-0.05, 0) is 55.0 Å². The Labute approximate surface area is 152 Å². The van der Waals surface area contributed by atoms with E-state index in [4.69, 9.17) is 0 Å². The molecule has 2 aromatic carbocycles. The predicted molar refractivity (Wildman–Crippen MR) is 99.9 cm³/mol. The van der Waals surface area contributed by atoms with Crippen molar-refractivity contribution in [3.63, 3.8) is 0 Å². The number of nitro groups is 1. The lowest BCUT2D eigenvalue weighted by molar-refractivity contribution is -0.384. The molecule has 7 nitrogen and oxygen atoms in total. The van der Waals surface area contributed by atoms with Gasteiger partial charge in [0, 0.05) is 19.2 Å². The normalized spacial score (nSPS) is 13.8. The number of benzene rings is 2. The molecule has 3 rings (SSSR count). The zero-order chi connectivity index (χ0) is 18.6. The Kier molecular flexibility index (Phi) is 5.53. The molecule has 2 N–H and O–H groups in total. The Hall–Kier alpha value is -2.45. The molecule has 0 spiro atoms. The van der Waals surface area contributed by atoms with Crippen LogP contribution in [0.5, 0.6) is 0 Å². The Bertz CT molecular complexity index is 912. The number of nitrogens with one attached hydrogen (secondary N) is 2. The third-order valence-electron chi connectivity index (χ3n) is 4.46. The maximum absolute atomic E-state index is 12.5. The molecular weight excluding hydrogens is 354 g/mol. The number of hydrogen-bond donors (Lipinski definition) is 2. The van der Waals surface area contributed by atoms with Crippen LogP contribution in [0.1, 0.15) is 24.0 Å². The second-order valence-electron chi connectivity index (χ2n) is 6.24. The first kappa shape index (κ1) is 18.3. The van der Waals surface area contributed by atoms with Crippen molar-refractivity contribution >= 4 is 21.4 Å². The molecule has 0 aromatic heterocycles. The summed E-state index contributed by atoms with van der Waals surface area (Å²) in [6.07, 6.45) is 4.15. The molecule has 0 saturated carbocycles. The van der Waals surface area contributed by atoms with Gasteiger partial charge in [-0.15, -0.1) is 0 Å². The van der Waals surface area contributed by atoms with Gasteiger partial charge in [-0.3, -0.25) is 10.1 Å². The topological polar surface area (TPSA) is 101 Å². The highest BCUT2D eigenvalue weighted by atomic mass is 32.2. The maximum atomic E-state index is 12.5. The molecule has 1 aliphatic rings. The number of sulfonamides is 1. The summed E-state index contributed by atoms with van der Waals surface area (Å²) >= 11 is 0. The number of hydrogen-bond acceptors (Lipinski definition) is 5. The molecule has 0 amide bonds. The van der Waals surface area contributed by atoms with Crippen LogP contribution in [0.4, 0.5) is 11.4 Å². The lowest BCUT2D eigenvalue weighted by atomic mass is 9.92. The fraction of sp³-hybridized carbons (Fsp3) is 0.333. The molecule has 0 saturated heterocycles. The van der Waals surface area contributed by atoms with Crippen LogP contribution >= 0.6 is 0 Å². The zero-order valence-electron chi connectivity index (χ0n) is 14.3. The van der Waals surface area contributed by atoms with E-state index < -0.39 is 14.9 Å². The van der Waals surface area contributed by atoms with E-state index in [9.17, 15) is 18.5 Å². The molecule has 0 aliphatic heterocycles. The minimum atomic E-state index is -3.60. The summed E-state index contributed by atoms with van der Waals surface area (Å²) in [6.45, 7) is 0.375. The summed E-state index contributed by atoms with van der Waals surface area (Å²) in [4.78, 5) is 10.8. The SMILES string of the molecule is O=[N+]([O-])c1ccccc1NCCNS(=O)(=O)c1ccc2c(c1)CCCC2. The van der Waals surface area contributed by atoms with Crippen molar-refractivity contribution in [1.29, 1.82) is 0 Å². The van der Waals surface area contributed by atoms with Crippen LogP contribution < -0.4 is 10.0 Å². The highest BCUT2D eigenvalue weighted by Gasteiger charge is 2.17. The lowest BCUT2D eigenvalue weighted by Crippen LogP contribution is -2.29. The second kappa shape index (κ2) is 7.84. The summed E-state index contributed by atoms with van der Waals surface area (Å²) in [5, 5.41) is 13.9. The second-order valence-corrected chi connectivity index (χ2v) is 8.00. The van der Waals surface area contributed by atoms with E-state index >= 15 is 0 Å². The van der Waals surface area contributed by atoms with Crippen LogP contribution in [0.25, 0.3) is 0 Å². The van der Waals surface area contributed by atoms with Gasteiger partial charge in [0.25, 0.3) is 5.69 Å². The van der Waals surface area contributed by atoms with E-state index in [1.807, 2.05) is 6.07 Å². The van der Waals surface area contributed by atoms with Gasteiger partial charge in [-0.2, -0.15) is 0 Å². The van der Waals surface area contributed by atoms with E-state index in [1.54, 1.807) is 30.3 Å². The van der Waals surface area contributed by atoms with Gasteiger partial charge in [0.15, 0.2) is 0 Å². The average Bonchev–Trinajstić information content (AvgIpc) is 2.65. The minimum absolute atomic E-state index is 0.0370. The first-order chi connectivity index (χ1) is 12.5. The molecular formula is C18H21N3O4S. The predicted octanol–water partition coefficient (Wildman–Crippen LogP) is 2.86. The van der Waals surface area contributed by atoms with Gasteiger partial charge in [0.05, 0.1) is 9.82 Å². The molecule has 0 bridgehead atoms. The van der Waals surface area contributed by atoms with Crippen molar-refractivity contribution in [1.82, 2.24) is 4.72 Å². The van der Waals surface area contributed by atoms with E-state index in [-0.39, 0.29) is 23.7 Å². The maximum Gasteiger partial charge on any atom is 0.292 e. The number of para-hydroxylation sites is 2. The number of aryl methyl sites for hydroxylation is 2. The zero-order valence-corrected chi connectivity index (χ0v) is 15.1. The largest absolute Gasteiger partial charge is 0.378 e. The summed E-state index contributed by atoms with van der Waals surface area (Å²) < 4.78 is 27.5. The van der Waals surface area contributed by atoms with Crippen LogP contribution in [0.2, 0.25) is 0 Å². The highest BCUT2D eigenvalue weighted by molar-refractivity contribution is 7.89. The first-order valence-electron chi connectivity index (χ1n) is 8.56. The van der Waals surface area contributed by atoms with Crippen molar-refractivity contribution in [2.45, 2.75) is 30.6 Å². The Morgan fingerprint density at radius 3 is 2.50 bits per heavy atom. The fourth-order valence-electron chi connectivity index (χ4n) is 3.13. The first-order valence-corrected chi connectivity index (χ1v) is 10.0. The smallest absolute Gasteiger partial charge is 0.292 e. The molecule has 0 atom stereocenters. The van der Waals surface area contributed by atoms with Crippen LogP contribution in [0, 0.1) is 10.1 Å². The van der Waals surface area contributed by atoms with Gasteiger partial charge in [-0.1, -0.05) is 18.2 Å². The van der Waals surface area contributed by atoms with Crippen molar-refractivity contribution in [3.8, 4) is 0 Å². The van der Waals surface area contributed by atoms with Crippen LogP contribution in [0.15, 0.2) is 47.4 Å². The van der Waals surface area contributed by atoms with E-state index in [2.05, 4.69) is 10.0 Å². The molecule has 26 heavy (non-hydrogen) atoms. The molecule has 8 heteroatoms. The van der Waals surface area contributed by atoms with E-state index in [1.165, 1.54) is 11.6 Å². The van der Waals surface area contributed by atoms with Crippen LogP contribution in [-0.2, 0) is 22.9 Å². The summed E-state index contributed by atoms with van der Waals surface area (Å²) in [7, 11) is -3.60. The Morgan fingerprint density at radius 1 is 1.00 bits per heavy atom. The summed E-state index contributed by atoms with van der Waals surface area (Å²) in [5.41, 5.74) is 2.67. The van der Waals surface area contributed by atoms with Gasteiger partial charge < -0.3 is 5.32 Å². The van der Waals surface area contributed by atoms with Gasteiger partial charge in [0.1, 0.15) is 5.69 Å². The van der Waals surface area contributed by atoms with Gasteiger partial charge >= 0.3 is 0 Å². The number of fused-ring (bicyclic) bond motifs is 1. The monoisotopic (exact) mass is 375 g/mol. The van der Waals surface area contributed by atoms with E-state index in [0.717, 1.165) is 31.2 Å². The van der Waals surface area contributed by atoms with Gasteiger partial charge in [0.2, 0.25) is 10.0 Å². The van der Waals surface area contributed by atoms with Gasteiger partial charge in [-0.25, -0.2) is 13.1 Å². The standard InChI is InChI=1S/C18H21N3O4S/c22-21(23)18-8-4-3-7-17(18)19-11-12-20-26(24,25)16-10-9-14-5-1-2-6-15(14)13-16/h3-4,7-10,13,19-20H,1-2,5-6,11-12H2. The molecule has 1 aliphatic carbocycles. The van der Waals surface area contributed by atoms with Crippen LogP contribution in [0.3, 0.4) is 0 Å². The number of anilines is 1. The third-order valence-corrected chi connectivity index (χ3v) is 5.92. The molecule has 0 heterocycles. The fourth-order valence-corrected chi connectivity index (χ4v) is 4.21. The minimum Gasteiger partial charge on any atom is -0.378 e. The molecule has 138 valence electrons. The molecule has 0 radical (unpaired) electrons. The number of nitro benzene ring substituents is 1. The van der Waals surface area contributed by atoms with Crippen LogP contribution in [-0.4, -0.2) is 26.4 Å². The summed E-state index contributed by atoms with van der Waals surface area (Å²) in [6, 6.07) is 11.6. The van der Waals surface area contributed by atoms with Crippen molar-refractivity contribution in [2.75, 3.05) is 18.4 Å². The Balaban J connectivity index is 1.60. The molecule has 0 fully saturated rings. The number of nitrogens with zero attached hydrogens (tertiary/aromatic N) is 1. The molecule has 0 unspecified atom stereocenters.